The molecule has 0 radical (unpaired) electrons. The fourth-order valence-electron chi connectivity index (χ4n) is 3.60. The van der Waals surface area contributed by atoms with Crippen LogP contribution >= 0.6 is 11.3 Å². The van der Waals surface area contributed by atoms with Gasteiger partial charge in [0.15, 0.2) is 4.96 Å². The Balaban J connectivity index is 1.86. The third kappa shape index (κ3) is 3.49. The van der Waals surface area contributed by atoms with Gasteiger partial charge in [0.05, 0.1) is 36.1 Å². The van der Waals surface area contributed by atoms with Crippen molar-refractivity contribution < 1.29 is 18.8 Å². The number of methoxy groups -OCH3 is 1. The van der Waals surface area contributed by atoms with Crippen LogP contribution in [0.1, 0.15) is 45.6 Å². The second-order valence-corrected chi connectivity index (χ2v) is 9.15. The monoisotopic (exact) mass is 412 g/mol. The fourth-order valence-corrected chi connectivity index (χ4v) is 4.32. The lowest BCUT2D eigenvalue weighted by molar-refractivity contribution is -0.140. The summed E-state index contributed by atoms with van der Waals surface area (Å²) in [4.78, 5) is 18.1. The summed E-state index contributed by atoms with van der Waals surface area (Å²) in [5.74, 6) is -0.683. The van der Waals surface area contributed by atoms with Gasteiger partial charge in [0.1, 0.15) is 0 Å². The largest absolute Gasteiger partial charge is 0.469 e. The van der Waals surface area contributed by atoms with E-state index in [0.29, 0.717) is 0 Å². The molecule has 1 aliphatic rings. The molecule has 0 bridgehead atoms. The van der Waals surface area contributed by atoms with Gasteiger partial charge in [-0.15, -0.1) is 11.3 Å². The van der Waals surface area contributed by atoms with E-state index in [0.717, 1.165) is 21.9 Å². The highest BCUT2D eigenvalue weighted by Gasteiger charge is 2.55. The molecule has 2 aromatic heterocycles. The Kier molecular flexibility index (Phi) is 5.05. The first-order chi connectivity index (χ1) is 13.7. The highest BCUT2D eigenvalue weighted by atomic mass is 32.1. The molecule has 0 spiro atoms. The van der Waals surface area contributed by atoms with E-state index in [1.807, 2.05) is 74.0 Å². The minimum absolute atomic E-state index is 0.136. The second-order valence-electron chi connectivity index (χ2n) is 8.28. The molecule has 1 fully saturated rings. The minimum atomic E-state index is -0.596. The van der Waals surface area contributed by atoms with Crippen molar-refractivity contribution in [3.63, 3.8) is 0 Å². The van der Waals surface area contributed by atoms with E-state index < -0.39 is 18.3 Å². The number of fused-ring (bicyclic) bond motifs is 1. The Morgan fingerprint density at radius 3 is 2.48 bits per heavy atom. The SMILES string of the molecule is COC(=O)CC(B1OC(C)(C)C(C)(C)O1)c1c(-c2ccccc2)nc2sccn12. The molecule has 0 aliphatic carbocycles. The van der Waals surface area contributed by atoms with Gasteiger partial charge in [-0.3, -0.25) is 9.20 Å². The number of hydrogen-bond donors (Lipinski definition) is 0. The normalized spacial score (nSPS) is 18.9. The summed E-state index contributed by atoms with van der Waals surface area (Å²) < 4.78 is 19.7. The van der Waals surface area contributed by atoms with Gasteiger partial charge in [0, 0.05) is 23.0 Å². The molecule has 152 valence electrons. The predicted molar refractivity (Wildman–Crippen MR) is 114 cm³/mol. The number of rotatable bonds is 5. The van der Waals surface area contributed by atoms with Gasteiger partial charge in [-0.2, -0.15) is 0 Å². The van der Waals surface area contributed by atoms with E-state index in [2.05, 4.69) is 0 Å². The van der Waals surface area contributed by atoms with Crippen molar-refractivity contribution in [3.8, 4) is 11.3 Å². The molecule has 1 atom stereocenters. The van der Waals surface area contributed by atoms with Gasteiger partial charge < -0.3 is 14.0 Å². The lowest BCUT2D eigenvalue weighted by Gasteiger charge is -2.32. The average molecular weight is 412 g/mol. The molecule has 1 aromatic carbocycles. The first kappa shape index (κ1) is 20.1. The number of hydrogen-bond acceptors (Lipinski definition) is 6. The number of carbonyl (C=O) groups is 1. The molecule has 1 saturated heterocycles. The fraction of sp³-hybridized carbons (Fsp3) is 0.429. The van der Waals surface area contributed by atoms with Crippen LogP contribution < -0.4 is 0 Å². The van der Waals surface area contributed by atoms with Crippen molar-refractivity contribution >= 4 is 29.4 Å². The van der Waals surface area contributed by atoms with E-state index in [1.165, 1.54) is 7.11 Å². The van der Waals surface area contributed by atoms with E-state index in [4.69, 9.17) is 19.0 Å². The Bertz CT molecular complexity index is 1010. The summed E-state index contributed by atoms with van der Waals surface area (Å²) in [6, 6.07) is 9.99. The summed E-state index contributed by atoms with van der Waals surface area (Å²) in [6.45, 7) is 8.04. The molecular weight excluding hydrogens is 387 g/mol. The highest BCUT2D eigenvalue weighted by Crippen LogP contribution is 2.44. The zero-order valence-corrected chi connectivity index (χ0v) is 18.2. The van der Waals surface area contributed by atoms with Crippen LogP contribution in [0.5, 0.6) is 0 Å². The number of imidazole rings is 1. The van der Waals surface area contributed by atoms with Crippen LogP contribution in [0.2, 0.25) is 0 Å². The van der Waals surface area contributed by atoms with E-state index >= 15 is 0 Å². The van der Waals surface area contributed by atoms with Crippen LogP contribution in [0.15, 0.2) is 41.9 Å². The highest BCUT2D eigenvalue weighted by molar-refractivity contribution is 7.15. The molecule has 3 heterocycles. The first-order valence-electron chi connectivity index (χ1n) is 9.67. The van der Waals surface area contributed by atoms with E-state index in [1.54, 1.807) is 11.3 Å². The number of thiazole rings is 1. The number of benzene rings is 1. The van der Waals surface area contributed by atoms with Crippen molar-refractivity contribution in [1.82, 2.24) is 9.38 Å². The maximum absolute atomic E-state index is 12.4. The Hall–Kier alpha value is -2.16. The van der Waals surface area contributed by atoms with Crippen molar-refractivity contribution in [3.05, 3.63) is 47.6 Å². The standard InChI is InChI=1S/C21H25BN2O4S/c1-20(2)21(3,4)28-22(27-20)15(13-16(25)26-5)18-17(14-9-7-6-8-10-14)23-19-24(18)11-12-29-19/h6-12,15H,13H2,1-5H3. The Labute approximate surface area is 175 Å². The molecule has 1 aliphatic heterocycles. The third-order valence-corrected chi connectivity index (χ3v) is 6.67. The molecule has 0 saturated carbocycles. The van der Waals surface area contributed by atoms with Crippen LogP contribution in [0.3, 0.4) is 0 Å². The van der Waals surface area contributed by atoms with E-state index in [9.17, 15) is 4.79 Å². The molecule has 29 heavy (non-hydrogen) atoms. The molecule has 6 nitrogen and oxygen atoms in total. The number of esters is 1. The third-order valence-electron chi connectivity index (χ3n) is 5.91. The molecule has 3 aromatic rings. The van der Waals surface area contributed by atoms with Gasteiger partial charge in [0.25, 0.3) is 0 Å². The van der Waals surface area contributed by atoms with Crippen molar-refractivity contribution in [2.24, 2.45) is 0 Å². The molecular formula is C21H25BN2O4S. The molecule has 1 unspecified atom stereocenters. The predicted octanol–water partition coefficient (Wildman–Crippen LogP) is 4.34. The molecule has 0 N–H and O–H groups in total. The summed E-state index contributed by atoms with van der Waals surface area (Å²) >= 11 is 1.56. The summed E-state index contributed by atoms with van der Waals surface area (Å²) in [5.41, 5.74) is 1.72. The van der Waals surface area contributed by atoms with Gasteiger partial charge in [-0.25, -0.2) is 4.98 Å². The van der Waals surface area contributed by atoms with Gasteiger partial charge in [-0.1, -0.05) is 30.3 Å². The van der Waals surface area contributed by atoms with Crippen molar-refractivity contribution in [1.29, 1.82) is 0 Å². The Morgan fingerprint density at radius 2 is 1.86 bits per heavy atom. The zero-order chi connectivity index (χ0) is 20.8. The van der Waals surface area contributed by atoms with Crippen LogP contribution in [0.4, 0.5) is 0 Å². The van der Waals surface area contributed by atoms with Crippen molar-refractivity contribution in [2.45, 2.75) is 51.1 Å². The van der Waals surface area contributed by atoms with Gasteiger partial charge in [0.2, 0.25) is 0 Å². The van der Waals surface area contributed by atoms with Crippen LogP contribution in [0.25, 0.3) is 16.2 Å². The van der Waals surface area contributed by atoms with Gasteiger partial charge in [-0.05, 0) is 27.7 Å². The first-order valence-corrected chi connectivity index (χ1v) is 10.5. The number of aromatic nitrogens is 2. The summed E-state index contributed by atoms with van der Waals surface area (Å²) in [7, 11) is 0.805. The zero-order valence-electron chi connectivity index (χ0n) is 17.3. The number of ether oxygens (including phenoxy) is 1. The maximum atomic E-state index is 12.4. The molecule has 0 amide bonds. The van der Waals surface area contributed by atoms with Crippen LogP contribution in [-0.2, 0) is 18.8 Å². The average Bonchev–Trinajstić information content (AvgIpc) is 3.32. The number of nitrogens with zero attached hydrogens (tertiary/aromatic N) is 2. The topological polar surface area (TPSA) is 62.1 Å². The van der Waals surface area contributed by atoms with Crippen molar-refractivity contribution in [2.75, 3.05) is 7.11 Å². The van der Waals surface area contributed by atoms with Crippen LogP contribution in [-0.4, -0.2) is 40.8 Å². The lowest BCUT2D eigenvalue weighted by Crippen LogP contribution is -2.41. The second kappa shape index (κ2) is 7.27. The van der Waals surface area contributed by atoms with Crippen LogP contribution in [0, 0.1) is 0 Å². The summed E-state index contributed by atoms with van der Waals surface area (Å²) in [5, 5.41) is 1.99. The van der Waals surface area contributed by atoms with E-state index in [-0.39, 0.29) is 18.2 Å². The minimum Gasteiger partial charge on any atom is -0.469 e. The number of carbonyl (C=O) groups excluding carboxylic acids is 1. The molecule has 4 rings (SSSR count). The Morgan fingerprint density at radius 1 is 1.21 bits per heavy atom. The maximum Gasteiger partial charge on any atom is 0.468 e. The molecule has 8 heteroatoms. The van der Waals surface area contributed by atoms with Gasteiger partial charge >= 0.3 is 13.1 Å². The quantitative estimate of drug-likeness (QED) is 0.461. The smallest absolute Gasteiger partial charge is 0.468 e. The summed E-state index contributed by atoms with van der Waals surface area (Å²) in [6.07, 6.45) is 2.11. The lowest BCUT2D eigenvalue weighted by atomic mass is 9.67.